The highest BCUT2D eigenvalue weighted by molar-refractivity contribution is 5.74. The monoisotopic (exact) mass is 208 g/mol. The highest BCUT2D eigenvalue weighted by Gasteiger charge is 1.97. The molecule has 82 valence electrons. The summed E-state index contributed by atoms with van der Waals surface area (Å²) in [4.78, 5) is 14.6. The zero-order valence-electron chi connectivity index (χ0n) is 8.79. The van der Waals surface area contributed by atoms with Gasteiger partial charge in [0.05, 0.1) is 23.8 Å². The van der Waals surface area contributed by atoms with E-state index in [0.717, 1.165) is 17.9 Å². The first-order chi connectivity index (χ1) is 7.22. The van der Waals surface area contributed by atoms with E-state index in [2.05, 4.69) is 15.6 Å². The number of aromatic nitrogens is 1. The van der Waals surface area contributed by atoms with Gasteiger partial charge in [0.15, 0.2) is 0 Å². The summed E-state index contributed by atoms with van der Waals surface area (Å²) in [6.45, 7) is 3.41. The van der Waals surface area contributed by atoms with Crippen molar-refractivity contribution in [2.75, 3.05) is 23.7 Å². The van der Waals surface area contributed by atoms with E-state index in [1.165, 1.54) is 0 Å². The molecular formula is C10H16N4O. The van der Waals surface area contributed by atoms with Crippen molar-refractivity contribution in [3.05, 3.63) is 18.5 Å². The van der Waals surface area contributed by atoms with Crippen molar-refractivity contribution in [3.8, 4) is 0 Å². The Hall–Kier alpha value is -1.78. The number of hydrogen-bond acceptors (Lipinski definition) is 4. The van der Waals surface area contributed by atoms with Crippen molar-refractivity contribution in [2.24, 2.45) is 5.73 Å². The fourth-order valence-electron chi connectivity index (χ4n) is 1.17. The lowest BCUT2D eigenvalue weighted by Crippen LogP contribution is -2.15. The Morgan fingerprint density at radius 1 is 1.40 bits per heavy atom. The van der Waals surface area contributed by atoms with Gasteiger partial charge in [-0.15, -0.1) is 0 Å². The Balaban J connectivity index is 2.46. The Bertz CT molecular complexity index is 327. The summed E-state index contributed by atoms with van der Waals surface area (Å²) >= 11 is 0. The molecule has 0 spiro atoms. The maximum Gasteiger partial charge on any atom is 0.219 e. The van der Waals surface area contributed by atoms with Crippen LogP contribution in [-0.2, 0) is 4.79 Å². The molecule has 0 unspecified atom stereocenters. The van der Waals surface area contributed by atoms with Crippen LogP contribution < -0.4 is 16.4 Å². The predicted molar refractivity (Wildman–Crippen MR) is 60.7 cm³/mol. The molecule has 0 aromatic carbocycles. The quantitative estimate of drug-likeness (QED) is 0.646. The number of pyridine rings is 1. The van der Waals surface area contributed by atoms with Gasteiger partial charge in [-0.25, -0.2) is 0 Å². The molecular weight excluding hydrogens is 192 g/mol. The van der Waals surface area contributed by atoms with Gasteiger partial charge in [-0.3, -0.25) is 9.78 Å². The molecule has 0 saturated heterocycles. The van der Waals surface area contributed by atoms with Crippen LogP contribution in [0.3, 0.4) is 0 Å². The van der Waals surface area contributed by atoms with Gasteiger partial charge in [0.1, 0.15) is 0 Å². The summed E-state index contributed by atoms with van der Waals surface area (Å²) in [5, 5.41) is 6.22. The van der Waals surface area contributed by atoms with E-state index >= 15 is 0 Å². The average Bonchev–Trinajstić information content (AvgIpc) is 2.18. The molecule has 0 saturated carbocycles. The highest BCUT2D eigenvalue weighted by Crippen LogP contribution is 2.12. The van der Waals surface area contributed by atoms with Crippen LogP contribution in [0.2, 0.25) is 0 Å². The van der Waals surface area contributed by atoms with Gasteiger partial charge in [0.2, 0.25) is 5.91 Å². The largest absolute Gasteiger partial charge is 0.384 e. The van der Waals surface area contributed by atoms with Crippen LogP contribution >= 0.6 is 0 Å². The summed E-state index contributed by atoms with van der Waals surface area (Å²) in [6, 6.07) is 1.94. The second kappa shape index (κ2) is 5.85. The topological polar surface area (TPSA) is 80.0 Å². The van der Waals surface area contributed by atoms with Gasteiger partial charge in [0.25, 0.3) is 0 Å². The maximum absolute atomic E-state index is 10.5. The SMILES string of the molecule is CCNc1cncc(NCCC(N)=O)c1. The molecule has 0 fully saturated rings. The minimum absolute atomic E-state index is 0.307. The van der Waals surface area contributed by atoms with Crippen LogP contribution in [0.15, 0.2) is 18.5 Å². The number of primary amides is 1. The van der Waals surface area contributed by atoms with E-state index in [1.807, 2.05) is 13.0 Å². The molecule has 0 radical (unpaired) electrons. The third kappa shape index (κ3) is 4.30. The van der Waals surface area contributed by atoms with E-state index < -0.39 is 0 Å². The standard InChI is InChI=1S/C10H16N4O/c1-2-13-8-5-9(7-12-6-8)14-4-3-10(11)15/h5-7,13-14H,2-4H2,1H3,(H2,11,15). The van der Waals surface area contributed by atoms with Crippen LogP contribution in [0.4, 0.5) is 11.4 Å². The van der Waals surface area contributed by atoms with Crippen molar-refractivity contribution >= 4 is 17.3 Å². The molecule has 1 amide bonds. The second-order valence-electron chi connectivity index (χ2n) is 3.14. The molecule has 0 bridgehead atoms. The van der Waals surface area contributed by atoms with Crippen LogP contribution in [0.5, 0.6) is 0 Å². The van der Waals surface area contributed by atoms with E-state index in [9.17, 15) is 4.79 Å². The molecule has 1 aromatic rings. The summed E-state index contributed by atoms with van der Waals surface area (Å²) < 4.78 is 0. The van der Waals surface area contributed by atoms with Gasteiger partial charge >= 0.3 is 0 Å². The molecule has 0 aliphatic rings. The number of nitrogens with one attached hydrogen (secondary N) is 2. The third-order valence-corrected chi connectivity index (χ3v) is 1.82. The van der Waals surface area contributed by atoms with Crippen molar-refractivity contribution in [1.29, 1.82) is 0 Å². The zero-order valence-corrected chi connectivity index (χ0v) is 8.79. The first-order valence-corrected chi connectivity index (χ1v) is 4.93. The van der Waals surface area contributed by atoms with Crippen LogP contribution in [0.25, 0.3) is 0 Å². The van der Waals surface area contributed by atoms with Crippen LogP contribution in [0, 0.1) is 0 Å². The molecule has 15 heavy (non-hydrogen) atoms. The second-order valence-corrected chi connectivity index (χ2v) is 3.14. The summed E-state index contributed by atoms with van der Waals surface area (Å²) in [6.07, 6.45) is 3.79. The van der Waals surface area contributed by atoms with Gasteiger partial charge in [-0.05, 0) is 13.0 Å². The lowest BCUT2D eigenvalue weighted by atomic mass is 10.3. The number of nitrogens with two attached hydrogens (primary N) is 1. The van der Waals surface area contributed by atoms with Crippen molar-refractivity contribution in [2.45, 2.75) is 13.3 Å². The molecule has 1 heterocycles. The predicted octanol–water partition coefficient (Wildman–Crippen LogP) is 0.801. The van der Waals surface area contributed by atoms with E-state index in [-0.39, 0.29) is 5.91 Å². The molecule has 4 N–H and O–H groups in total. The lowest BCUT2D eigenvalue weighted by Gasteiger charge is -2.07. The van der Waals surface area contributed by atoms with Gasteiger partial charge in [-0.2, -0.15) is 0 Å². The Morgan fingerprint density at radius 3 is 2.67 bits per heavy atom. The first-order valence-electron chi connectivity index (χ1n) is 4.93. The third-order valence-electron chi connectivity index (χ3n) is 1.82. The number of carbonyl (C=O) groups is 1. The first kappa shape index (κ1) is 11.3. The van der Waals surface area contributed by atoms with Gasteiger partial charge in [0, 0.05) is 19.5 Å². The lowest BCUT2D eigenvalue weighted by molar-refractivity contribution is -0.117. The van der Waals surface area contributed by atoms with Gasteiger partial charge in [-0.1, -0.05) is 0 Å². The van der Waals surface area contributed by atoms with Crippen molar-refractivity contribution in [3.63, 3.8) is 0 Å². The molecule has 0 aliphatic heterocycles. The van der Waals surface area contributed by atoms with Crippen LogP contribution in [0.1, 0.15) is 13.3 Å². The zero-order chi connectivity index (χ0) is 11.1. The maximum atomic E-state index is 10.5. The number of hydrogen-bond donors (Lipinski definition) is 3. The smallest absolute Gasteiger partial charge is 0.219 e. The van der Waals surface area contributed by atoms with Crippen molar-refractivity contribution < 1.29 is 4.79 Å². The fourth-order valence-corrected chi connectivity index (χ4v) is 1.17. The van der Waals surface area contributed by atoms with Crippen molar-refractivity contribution in [1.82, 2.24) is 4.98 Å². The Morgan fingerprint density at radius 2 is 2.07 bits per heavy atom. The normalized spacial score (nSPS) is 9.67. The summed E-state index contributed by atoms with van der Waals surface area (Å²) in [5.41, 5.74) is 6.87. The van der Waals surface area contributed by atoms with E-state index in [0.29, 0.717) is 13.0 Å². The number of rotatable bonds is 6. The van der Waals surface area contributed by atoms with Crippen LogP contribution in [-0.4, -0.2) is 24.0 Å². The van der Waals surface area contributed by atoms with Gasteiger partial charge < -0.3 is 16.4 Å². The molecule has 1 rings (SSSR count). The molecule has 5 nitrogen and oxygen atoms in total. The Labute approximate surface area is 89.1 Å². The molecule has 1 aromatic heterocycles. The fraction of sp³-hybridized carbons (Fsp3) is 0.400. The average molecular weight is 208 g/mol. The van der Waals surface area contributed by atoms with E-state index in [1.54, 1.807) is 12.4 Å². The minimum atomic E-state index is -0.307. The highest BCUT2D eigenvalue weighted by atomic mass is 16.1. The number of carbonyl (C=O) groups excluding carboxylic acids is 1. The number of nitrogens with zero attached hydrogens (tertiary/aromatic N) is 1. The summed E-state index contributed by atoms with van der Waals surface area (Å²) in [7, 11) is 0. The number of anilines is 2. The minimum Gasteiger partial charge on any atom is -0.384 e. The Kier molecular flexibility index (Phi) is 4.40. The molecule has 5 heteroatoms. The molecule has 0 aliphatic carbocycles. The summed E-state index contributed by atoms with van der Waals surface area (Å²) in [5.74, 6) is -0.307. The molecule has 0 atom stereocenters. The number of amides is 1. The van der Waals surface area contributed by atoms with E-state index in [4.69, 9.17) is 5.73 Å².